The Labute approximate surface area is 129 Å². The maximum Gasteiger partial charge on any atom is 0.344 e. The molecule has 5 nitrogen and oxygen atoms in total. The van der Waals surface area contributed by atoms with Crippen molar-refractivity contribution in [2.75, 3.05) is 0 Å². The normalized spacial score (nSPS) is 10.5. The van der Waals surface area contributed by atoms with Crippen molar-refractivity contribution in [3.05, 3.63) is 70.2 Å². The first-order valence-electron chi connectivity index (χ1n) is 6.26. The van der Waals surface area contributed by atoms with Crippen LogP contribution in [0.2, 0.25) is 5.02 Å². The molecule has 2 aromatic heterocycles. The first kappa shape index (κ1) is 14.2. The molecule has 2 heterocycles. The Hall–Kier alpha value is -2.73. The molecule has 0 radical (unpaired) electrons. The first-order valence-corrected chi connectivity index (χ1v) is 6.64. The zero-order chi connectivity index (χ0) is 15.5. The molecule has 22 heavy (non-hydrogen) atoms. The minimum absolute atomic E-state index is 0.150. The molecule has 7 heteroatoms. The van der Waals surface area contributed by atoms with Crippen molar-refractivity contribution in [3.63, 3.8) is 0 Å². The van der Waals surface area contributed by atoms with Gasteiger partial charge in [0, 0.05) is 24.2 Å². The number of hydrogen-bond acceptors (Lipinski definition) is 4. The second-order valence-corrected chi connectivity index (χ2v) is 4.81. The number of H-pyrrole nitrogens is 1. The highest BCUT2D eigenvalue weighted by atomic mass is 35.5. The Morgan fingerprint density at radius 2 is 1.86 bits per heavy atom. The number of nitrogens with one attached hydrogen (secondary N) is 1. The van der Waals surface area contributed by atoms with Gasteiger partial charge in [0.1, 0.15) is 5.75 Å². The van der Waals surface area contributed by atoms with Crippen LogP contribution < -0.4 is 10.4 Å². The first-order chi connectivity index (χ1) is 10.6. The van der Waals surface area contributed by atoms with Gasteiger partial charge < -0.3 is 9.72 Å². The van der Waals surface area contributed by atoms with Crippen LogP contribution in [0.4, 0.5) is 4.39 Å². The summed E-state index contributed by atoms with van der Waals surface area (Å²) in [6.45, 7) is 0. The maximum absolute atomic E-state index is 13.6. The van der Waals surface area contributed by atoms with E-state index in [4.69, 9.17) is 16.3 Å². The van der Waals surface area contributed by atoms with Crippen LogP contribution in [0.1, 0.15) is 0 Å². The van der Waals surface area contributed by atoms with Crippen LogP contribution in [0.3, 0.4) is 0 Å². The van der Waals surface area contributed by atoms with Crippen molar-refractivity contribution in [1.29, 1.82) is 0 Å². The lowest BCUT2D eigenvalue weighted by Crippen LogP contribution is -2.07. The summed E-state index contributed by atoms with van der Waals surface area (Å²) < 4.78 is 19.0. The molecule has 0 bridgehead atoms. The Morgan fingerprint density at radius 3 is 2.50 bits per heavy atom. The van der Waals surface area contributed by atoms with Crippen LogP contribution in [-0.4, -0.2) is 15.0 Å². The fourth-order valence-corrected chi connectivity index (χ4v) is 1.95. The van der Waals surface area contributed by atoms with Gasteiger partial charge in [0.05, 0.1) is 5.02 Å². The predicted octanol–water partition coefficient (Wildman–Crippen LogP) is 3.42. The molecule has 0 aliphatic carbocycles. The number of halogens is 2. The molecule has 0 fully saturated rings. The molecule has 0 spiro atoms. The van der Waals surface area contributed by atoms with Crippen LogP contribution in [0.5, 0.6) is 11.6 Å². The lowest BCUT2D eigenvalue weighted by Gasteiger charge is -2.07. The number of aromatic amines is 1. The van der Waals surface area contributed by atoms with Gasteiger partial charge in [-0.15, -0.1) is 0 Å². The third kappa shape index (κ3) is 3.12. The molecule has 3 rings (SSSR count). The molecule has 110 valence electrons. The van der Waals surface area contributed by atoms with E-state index in [-0.39, 0.29) is 10.9 Å². The highest BCUT2D eigenvalue weighted by molar-refractivity contribution is 6.30. The molecule has 3 aromatic rings. The van der Waals surface area contributed by atoms with E-state index in [0.29, 0.717) is 5.75 Å². The van der Waals surface area contributed by atoms with E-state index in [0.717, 1.165) is 17.2 Å². The minimum atomic E-state index is -0.638. The fraction of sp³-hybridized carbons (Fsp3) is 0. The number of nitrogens with zero attached hydrogens (tertiary/aromatic N) is 2. The Balaban J connectivity index is 1.82. The molecule has 0 aliphatic heterocycles. The molecule has 1 N–H and O–H groups in total. The number of hydrogen-bond donors (Lipinski definition) is 1. The largest absolute Gasteiger partial charge is 0.436 e. The number of rotatable bonds is 3. The van der Waals surface area contributed by atoms with Gasteiger partial charge >= 0.3 is 5.69 Å². The third-order valence-electron chi connectivity index (χ3n) is 2.85. The molecule has 1 aromatic carbocycles. The molecular weight excluding hydrogens is 309 g/mol. The molecule has 0 saturated heterocycles. The summed E-state index contributed by atoms with van der Waals surface area (Å²) in [5.41, 5.74) is 1.18. The van der Waals surface area contributed by atoms with Crippen molar-refractivity contribution in [1.82, 2.24) is 15.0 Å². The number of benzene rings is 1. The van der Waals surface area contributed by atoms with Crippen LogP contribution in [0.25, 0.3) is 11.1 Å². The number of ether oxygens (including phenoxy) is 1. The van der Waals surface area contributed by atoms with Crippen LogP contribution >= 0.6 is 11.6 Å². The standard InChI is InChI=1S/C15H9ClFN3O2/c16-11-5-13(17)14(18-8-11)22-12-3-1-9(2-4-12)10-6-19-15(21)20-7-10/h1-8H,(H,19,20,21). The summed E-state index contributed by atoms with van der Waals surface area (Å²) in [6, 6.07) is 7.98. The van der Waals surface area contributed by atoms with E-state index in [9.17, 15) is 9.18 Å². The Bertz CT molecular complexity index is 845. The summed E-state index contributed by atoms with van der Waals surface area (Å²) in [5.74, 6) is -0.362. The van der Waals surface area contributed by atoms with Crippen molar-refractivity contribution < 1.29 is 9.13 Å². The van der Waals surface area contributed by atoms with Gasteiger partial charge in [-0.2, -0.15) is 0 Å². The zero-order valence-electron chi connectivity index (χ0n) is 11.1. The van der Waals surface area contributed by atoms with E-state index in [2.05, 4.69) is 15.0 Å². The van der Waals surface area contributed by atoms with E-state index < -0.39 is 11.5 Å². The lowest BCUT2D eigenvalue weighted by molar-refractivity contribution is 0.423. The molecule has 0 atom stereocenters. The quantitative estimate of drug-likeness (QED) is 0.803. The Kier molecular flexibility index (Phi) is 3.84. The van der Waals surface area contributed by atoms with Crippen LogP contribution in [0.15, 0.2) is 53.7 Å². The van der Waals surface area contributed by atoms with E-state index in [1.807, 2.05) is 0 Å². The minimum Gasteiger partial charge on any atom is -0.436 e. The lowest BCUT2D eigenvalue weighted by atomic mass is 10.1. The van der Waals surface area contributed by atoms with Crippen LogP contribution in [0, 0.1) is 5.82 Å². The van der Waals surface area contributed by atoms with E-state index in [1.54, 1.807) is 30.5 Å². The smallest absolute Gasteiger partial charge is 0.344 e. The molecule has 0 unspecified atom stereocenters. The van der Waals surface area contributed by atoms with E-state index >= 15 is 0 Å². The fourth-order valence-electron chi connectivity index (χ4n) is 1.80. The predicted molar refractivity (Wildman–Crippen MR) is 79.6 cm³/mol. The molecular formula is C15H9ClFN3O2. The van der Waals surface area contributed by atoms with Crippen LogP contribution in [-0.2, 0) is 0 Å². The highest BCUT2D eigenvalue weighted by Gasteiger charge is 2.07. The van der Waals surface area contributed by atoms with Gasteiger partial charge in [-0.3, -0.25) is 0 Å². The second kappa shape index (κ2) is 5.95. The van der Waals surface area contributed by atoms with E-state index in [1.165, 1.54) is 12.4 Å². The van der Waals surface area contributed by atoms with Crippen molar-refractivity contribution in [2.24, 2.45) is 0 Å². The molecule has 0 amide bonds. The summed E-state index contributed by atoms with van der Waals surface area (Å²) in [7, 11) is 0. The summed E-state index contributed by atoms with van der Waals surface area (Å²) >= 11 is 5.63. The number of pyridine rings is 1. The number of aromatic nitrogens is 3. The van der Waals surface area contributed by atoms with Gasteiger partial charge in [0.2, 0.25) is 0 Å². The summed E-state index contributed by atoms with van der Waals surface area (Å²) in [6.07, 6.45) is 4.33. The van der Waals surface area contributed by atoms with Gasteiger partial charge in [-0.05, 0) is 23.8 Å². The average Bonchev–Trinajstić information content (AvgIpc) is 2.52. The SMILES string of the molecule is O=c1ncc(-c2ccc(Oc3ncc(Cl)cc3F)cc2)c[nH]1. The molecule has 0 saturated carbocycles. The summed E-state index contributed by atoms with van der Waals surface area (Å²) in [4.78, 5) is 20.9. The maximum atomic E-state index is 13.6. The van der Waals surface area contributed by atoms with Gasteiger partial charge in [-0.25, -0.2) is 19.2 Å². The van der Waals surface area contributed by atoms with Gasteiger partial charge in [0.15, 0.2) is 5.82 Å². The van der Waals surface area contributed by atoms with Crippen molar-refractivity contribution >= 4 is 11.6 Å². The van der Waals surface area contributed by atoms with Gasteiger partial charge in [0.25, 0.3) is 5.88 Å². The highest BCUT2D eigenvalue weighted by Crippen LogP contribution is 2.26. The van der Waals surface area contributed by atoms with Gasteiger partial charge in [-0.1, -0.05) is 23.7 Å². The average molecular weight is 318 g/mol. The second-order valence-electron chi connectivity index (χ2n) is 4.37. The van der Waals surface area contributed by atoms with Crippen molar-refractivity contribution in [2.45, 2.75) is 0 Å². The zero-order valence-corrected chi connectivity index (χ0v) is 11.8. The third-order valence-corrected chi connectivity index (χ3v) is 3.05. The monoisotopic (exact) mass is 317 g/mol. The Morgan fingerprint density at radius 1 is 1.09 bits per heavy atom. The topological polar surface area (TPSA) is 67.9 Å². The van der Waals surface area contributed by atoms with Crippen molar-refractivity contribution in [3.8, 4) is 22.8 Å². The summed E-state index contributed by atoms with van der Waals surface area (Å²) in [5, 5.41) is 0.200. The molecule has 0 aliphatic rings.